The highest BCUT2D eigenvalue weighted by molar-refractivity contribution is 6.35. The van der Waals surface area contributed by atoms with Crippen LogP contribution < -0.4 is 10.1 Å². The van der Waals surface area contributed by atoms with Gasteiger partial charge >= 0.3 is 0 Å². The van der Waals surface area contributed by atoms with E-state index in [2.05, 4.69) is 11.4 Å². The first kappa shape index (κ1) is 15.2. The lowest BCUT2D eigenvalue weighted by atomic mass is 10.1. The second-order valence-electron chi connectivity index (χ2n) is 4.47. The summed E-state index contributed by atoms with van der Waals surface area (Å²) in [6.45, 7) is 1.62. The summed E-state index contributed by atoms with van der Waals surface area (Å²) >= 11 is 12.0. The van der Waals surface area contributed by atoms with Gasteiger partial charge in [0.2, 0.25) is 0 Å². The van der Waals surface area contributed by atoms with Gasteiger partial charge in [0.25, 0.3) is 0 Å². The summed E-state index contributed by atoms with van der Waals surface area (Å²) in [7, 11) is 1.69. The minimum absolute atomic E-state index is 0.667. The summed E-state index contributed by atoms with van der Waals surface area (Å²) in [5, 5.41) is 4.78. The van der Waals surface area contributed by atoms with Gasteiger partial charge in [-0.1, -0.05) is 47.5 Å². The van der Waals surface area contributed by atoms with E-state index in [1.165, 1.54) is 0 Å². The molecule has 0 aliphatic heterocycles. The molecule has 0 aliphatic rings. The first-order valence-electron chi connectivity index (χ1n) is 6.47. The van der Waals surface area contributed by atoms with E-state index in [4.69, 9.17) is 27.9 Å². The molecule has 0 bridgehead atoms. The molecular formula is C16H17Cl2NO. The number of hydrogen-bond donors (Lipinski definition) is 1. The van der Waals surface area contributed by atoms with Gasteiger partial charge in [0.05, 0.1) is 7.11 Å². The minimum Gasteiger partial charge on any atom is -0.496 e. The topological polar surface area (TPSA) is 21.3 Å². The van der Waals surface area contributed by atoms with Crippen molar-refractivity contribution in [1.82, 2.24) is 5.32 Å². The molecule has 0 atom stereocenters. The second-order valence-corrected chi connectivity index (χ2v) is 5.32. The smallest absolute Gasteiger partial charge is 0.123 e. The van der Waals surface area contributed by atoms with Crippen molar-refractivity contribution >= 4 is 23.2 Å². The Hall–Kier alpha value is -1.22. The standard InChI is InChI=1S/C16H17Cl2NO/c1-20-16-5-3-2-4-13(16)11-19-9-8-12-6-7-14(17)10-15(12)18/h2-7,10,19H,8-9,11H2,1H3. The zero-order valence-electron chi connectivity index (χ0n) is 11.3. The van der Waals surface area contributed by atoms with Crippen LogP contribution in [-0.4, -0.2) is 13.7 Å². The summed E-state index contributed by atoms with van der Waals surface area (Å²) in [4.78, 5) is 0. The number of methoxy groups -OCH3 is 1. The van der Waals surface area contributed by atoms with Crippen LogP contribution in [0.4, 0.5) is 0 Å². The normalized spacial score (nSPS) is 10.6. The van der Waals surface area contributed by atoms with E-state index in [-0.39, 0.29) is 0 Å². The van der Waals surface area contributed by atoms with Gasteiger partial charge in [-0.15, -0.1) is 0 Å². The number of nitrogens with one attached hydrogen (secondary N) is 1. The predicted octanol–water partition coefficient (Wildman–Crippen LogP) is 4.33. The first-order valence-corrected chi connectivity index (χ1v) is 7.23. The average molecular weight is 310 g/mol. The molecule has 0 radical (unpaired) electrons. The molecule has 2 aromatic carbocycles. The van der Waals surface area contributed by atoms with Crippen LogP contribution in [0.1, 0.15) is 11.1 Å². The number of ether oxygens (including phenoxy) is 1. The van der Waals surface area contributed by atoms with Crippen LogP contribution in [0.5, 0.6) is 5.75 Å². The lowest BCUT2D eigenvalue weighted by molar-refractivity contribution is 0.408. The van der Waals surface area contributed by atoms with Gasteiger partial charge < -0.3 is 10.1 Å². The Bertz CT molecular complexity index is 572. The highest BCUT2D eigenvalue weighted by Crippen LogP contribution is 2.21. The van der Waals surface area contributed by atoms with Gasteiger partial charge in [0.15, 0.2) is 0 Å². The van der Waals surface area contributed by atoms with Crippen molar-refractivity contribution in [3.8, 4) is 5.75 Å². The molecule has 0 aliphatic carbocycles. The molecule has 4 heteroatoms. The Morgan fingerprint density at radius 1 is 1.05 bits per heavy atom. The number of para-hydroxylation sites is 1. The van der Waals surface area contributed by atoms with Gasteiger partial charge in [-0.25, -0.2) is 0 Å². The molecule has 2 rings (SSSR count). The highest BCUT2D eigenvalue weighted by Gasteiger charge is 2.03. The summed E-state index contributed by atoms with van der Waals surface area (Å²) in [5.41, 5.74) is 2.25. The zero-order valence-corrected chi connectivity index (χ0v) is 12.8. The average Bonchev–Trinajstić information content (AvgIpc) is 2.46. The van der Waals surface area contributed by atoms with E-state index in [0.29, 0.717) is 5.02 Å². The van der Waals surface area contributed by atoms with Crippen LogP contribution in [0.2, 0.25) is 10.0 Å². The SMILES string of the molecule is COc1ccccc1CNCCc1ccc(Cl)cc1Cl. The van der Waals surface area contributed by atoms with Gasteiger partial charge in [-0.2, -0.15) is 0 Å². The fourth-order valence-corrected chi connectivity index (χ4v) is 2.52. The van der Waals surface area contributed by atoms with Crippen LogP contribution in [0.15, 0.2) is 42.5 Å². The van der Waals surface area contributed by atoms with Gasteiger partial charge in [0, 0.05) is 22.2 Å². The number of benzene rings is 2. The molecule has 1 N–H and O–H groups in total. The molecule has 0 saturated carbocycles. The third-order valence-electron chi connectivity index (χ3n) is 3.09. The molecule has 2 nitrogen and oxygen atoms in total. The Kier molecular flexibility index (Phi) is 5.72. The Labute approximate surface area is 129 Å². The monoisotopic (exact) mass is 309 g/mol. The molecule has 0 fully saturated rings. The molecule has 0 amide bonds. The largest absolute Gasteiger partial charge is 0.496 e. The van der Waals surface area contributed by atoms with Crippen LogP contribution in [0.3, 0.4) is 0 Å². The van der Waals surface area contributed by atoms with E-state index >= 15 is 0 Å². The molecule has 0 spiro atoms. The zero-order chi connectivity index (χ0) is 14.4. The van der Waals surface area contributed by atoms with E-state index < -0.39 is 0 Å². The maximum Gasteiger partial charge on any atom is 0.123 e. The van der Waals surface area contributed by atoms with Crippen molar-refractivity contribution in [2.75, 3.05) is 13.7 Å². The quantitative estimate of drug-likeness (QED) is 0.802. The predicted molar refractivity (Wildman–Crippen MR) is 84.9 cm³/mol. The van der Waals surface area contributed by atoms with Crippen LogP contribution >= 0.6 is 23.2 Å². The van der Waals surface area contributed by atoms with Gasteiger partial charge in [-0.3, -0.25) is 0 Å². The van der Waals surface area contributed by atoms with Gasteiger partial charge in [-0.05, 0) is 36.7 Å². The summed E-state index contributed by atoms with van der Waals surface area (Å²) in [5.74, 6) is 0.907. The highest BCUT2D eigenvalue weighted by atomic mass is 35.5. The van der Waals surface area contributed by atoms with Crippen molar-refractivity contribution in [1.29, 1.82) is 0 Å². The van der Waals surface area contributed by atoms with E-state index in [1.807, 2.05) is 30.3 Å². The van der Waals surface area contributed by atoms with E-state index in [9.17, 15) is 0 Å². The molecule has 0 aromatic heterocycles. The maximum atomic E-state index is 6.14. The van der Waals surface area contributed by atoms with Crippen molar-refractivity contribution < 1.29 is 4.74 Å². The molecule has 0 unspecified atom stereocenters. The fraction of sp³-hybridized carbons (Fsp3) is 0.250. The second kappa shape index (κ2) is 7.53. The molecule has 2 aromatic rings. The fourth-order valence-electron chi connectivity index (χ4n) is 2.02. The number of halogens is 2. The van der Waals surface area contributed by atoms with Crippen LogP contribution in [0.25, 0.3) is 0 Å². The summed E-state index contributed by atoms with van der Waals surface area (Å²) < 4.78 is 5.32. The Morgan fingerprint density at radius 2 is 1.85 bits per heavy atom. The molecule has 106 valence electrons. The van der Waals surface area contributed by atoms with Crippen molar-refractivity contribution in [2.45, 2.75) is 13.0 Å². The lowest BCUT2D eigenvalue weighted by Gasteiger charge is -2.10. The Balaban J connectivity index is 1.84. The molecule has 0 heterocycles. The third-order valence-corrected chi connectivity index (χ3v) is 3.68. The van der Waals surface area contributed by atoms with Crippen LogP contribution in [0, 0.1) is 0 Å². The Morgan fingerprint density at radius 3 is 2.60 bits per heavy atom. The van der Waals surface area contributed by atoms with E-state index in [0.717, 1.165) is 41.4 Å². The summed E-state index contributed by atoms with van der Waals surface area (Å²) in [6, 6.07) is 13.6. The van der Waals surface area contributed by atoms with Crippen LogP contribution in [-0.2, 0) is 13.0 Å². The number of hydrogen-bond acceptors (Lipinski definition) is 2. The molecular weight excluding hydrogens is 293 g/mol. The van der Waals surface area contributed by atoms with E-state index in [1.54, 1.807) is 13.2 Å². The number of rotatable bonds is 6. The third kappa shape index (κ3) is 4.14. The minimum atomic E-state index is 0.667. The van der Waals surface area contributed by atoms with Crippen molar-refractivity contribution in [3.05, 3.63) is 63.6 Å². The van der Waals surface area contributed by atoms with Crippen molar-refractivity contribution in [2.24, 2.45) is 0 Å². The maximum absolute atomic E-state index is 6.14. The van der Waals surface area contributed by atoms with Gasteiger partial charge in [0.1, 0.15) is 5.75 Å². The lowest BCUT2D eigenvalue weighted by Crippen LogP contribution is -2.17. The van der Waals surface area contributed by atoms with Crippen molar-refractivity contribution in [3.63, 3.8) is 0 Å². The molecule has 20 heavy (non-hydrogen) atoms. The molecule has 0 saturated heterocycles. The summed E-state index contributed by atoms with van der Waals surface area (Å²) in [6.07, 6.45) is 0.866. The first-order chi connectivity index (χ1) is 9.70.